The summed E-state index contributed by atoms with van der Waals surface area (Å²) in [5, 5.41) is 5.74. The lowest BCUT2D eigenvalue weighted by Gasteiger charge is -2.17. The Labute approximate surface area is 215 Å². The minimum Gasteiger partial charge on any atom is -0.497 e. The van der Waals surface area contributed by atoms with Gasteiger partial charge < -0.3 is 14.0 Å². The molecule has 0 radical (unpaired) electrons. The van der Waals surface area contributed by atoms with Gasteiger partial charge >= 0.3 is 6.18 Å². The van der Waals surface area contributed by atoms with E-state index in [4.69, 9.17) is 9.47 Å². The van der Waals surface area contributed by atoms with Crippen LogP contribution >= 0.6 is 0 Å². The smallest absolute Gasteiger partial charge is 0.418 e. The molecule has 0 unspecified atom stereocenters. The number of para-hydroxylation sites is 1. The Bertz CT molecular complexity index is 1730. The van der Waals surface area contributed by atoms with Crippen LogP contribution < -0.4 is 9.47 Å². The summed E-state index contributed by atoms with van der Waals surface area (Å²) in [5.74, 6) is 1.52. The van der Waals surface area contributed by atoms with E-state index in [-0.39, 0.29) is 5.69 Å². The molecule has 2 heterocycles. The van der Waals surface area contributed by atoms with E-state index >= 15 is 0 Å². The fourth-order valence-corrected chi connectivity index (χ4v) is 4.79. The average molecular weight is 515 g/mol. The van der Waals surface area contributed by atoms with Gasteiger partial charge in [-0.15, -0.1) is 0 Å². The number of rotatable bonds is 5. The number of fused-ring (bicyclic) bond motifs is 3. The van der Waals surface area contributed by atoms with Gasteiger partial charge in [-0.05, 0) is 66.7 Å². The Balaban J connectivity index is 1.61. The summed E-state index contributed by atoms with van der Waals surface area (Å²) in [5.41, 5.74) is 1.43. The molecule has 0 amide bonds. The zero-order chi connectivity index (χ0) is 26.4. The van der Waals surface area contributed by atoms with Crippen LogP contribution in [0.5, 0.6) is 11.5 Å². The predicted molar refractivity (Wildman–Crippen MR) is 139 cm³/mol. The van der Waals surface area contributed by atoms with Crippen LogP contribution in [0, 0.1) is 0 Å². The van der Waals surface area contributed by atoms with Crippen molar-refractivity contribution in [3.63, 3.8) is 0 Å². The third kappa shape index (κ3) is 3.83. The monoisotopic (exact) mass is 514 g/mol. The van der Waals surface area contributed by atoms with Crippen molar-refractivity contribution in [1.82, 2.24) is 19.3 Å². The average Bonchev–Trinajstić information content (AvgIpc) is 3.55. The second kappa shape index (κ2) is 8.95. The zero-order valence-corrected chi connectivity index (χ0v) is 20.4. The summed E-state index contributed by atoms with van der Waals surface area (Å²) < 4.78 is 57.8. The first-order chi connectivity index (χ1) is 18.4. The molecule has 0 aliphatic carbocycles. The highest BCUT2D eigenvalue weighted by atomic mass is 19.4. The van der Waals surface area contributed by atoms with Gasteiger partial charge in [0.2, 0.25) is 0 Å². The van der Waals surface area contributed by atoms with Crippen LogP contribution in [0.2, 0.25) is 0 Å². The lowest BCUT2D eigenvalue weighted by atomic mass is 10.1. The molecule has 9 heteroatoms. The number of alkyl halides is 3. The number of nitrogens with zero attached hydrogens (tertiary/aromatic N) is 4. The predicted octanol–water partition coefficient (Wildman–Crippen LogP) is 7.07. The fraction of sp³-hybridized carbons (Fsp3) is 0.103. The van der Waals surface area contributed by atoms with Crippen LogP contribution in [-0.4, -0.2) is 33.6 Å². The van der Waals surface area contributed by atoms with E-state index in [0.717, 1.165) is 16.8 Å². The van der Waals surface area contributed by atoms with Crippen LogP contribution in [-0.2, 0) is 6.18 Å². The quantitative estimate of drug-likeness (QED) is 0.247. The lowest BCUT2D eigenvalue weighted by Crippen LogP contribution is -2.11. The molecule has 190 valence electrons. The SMILES string of the molecule is COc1ccc2c(c1)c1cc(OC)ccc1n2-c1ccc(-c2ncnn2-c2ccccc2)cc1C(F)(F)F. The summed E-state index contributed by atoms with van der Waals surface area (Å²) in [7, 11) is 3.10. The first-order valence-electron chi connectivity index (χ1n) is 11.7. The van der Waals surface area contributed by atoms with Gasteiger partial charge in [0.1, 0.15) is 17.8 Å². The van der Waals surface area contributed by atoms with Crippen LogP contribution in [0.4, 0.5) is 13.2 Å². The maximum atomic E-state index is 14.6. The molecule has 0 saturated heterocycles. The molecule has 6 aromatic rings. The van der Waals surface area contributed by atoms with E-state index in [2.05, 4.69) is 10.1 Å². The first-order valence-corrected chi connectivity index (χ1v) is 11.7. The van der Waals surface area contributed by atoms with Crippen LogP contribution in [0.1, 0.15) is 5.56 Å². The van der Waals surface area contributed by atoms with Crippen molar-refractivity contribution in [2.24, 2.45) is 0 Å². The minimum absolute atomic E-state index is 0.00219. The van der Waals surface area contributed by atoms with E-state index in [9.17, 15) is 13.2 Å². The number of ether oxygens (including phenoxy) is 2. The van der Waals surface area contributed by atoms with Gasteiger partial charge in [-0.2, -0.15) is 18.3 Å². The number of methoxy groups -OCH3 is 2. The van der Waals surface area contributed by atoms with Crippen molar-refractivity contribution in [2.75, 3.05) is 14.2 Å². The maximum absolute atomic E-state index is 14.6. The lowest BCUT2D eigenvalue weighted by molar-refractivity contribution is -0.137. The normalized spacial score (nSPS) is 11.8. The van der Waals surface area contributed by atoms with Crippen molar-refractivity contribution in [1.29, 1.82) is 0 Å². The standard InChI is InChI=1S/C29H21F3N4O2/c1-37-20-9-12-25-22(15-20)23-16-21(38-2)10-13-26(23)35(25)27-11-8-18(14-24(27)29(30,31)32)28-33-17-34-36(28)19-6-4-3-5-7-19/h3-17H,1-2H3. The zero-order valence-electron chi connectivity index (χ0n) is 20.4. The largest absolute Gasteiger partial charge is 0.497 e. The van der Waals surface area contributed by atoms with E-state index in [0.29, 0.717) is 39.6 Å². The molecule has 0 fully saturated rings. The second-order valence-corrected chi connectivity index (χ2v) is 8.66. The van der Waals surface area contributed by atoms with Crippen LogP contribution in [0.3, 0.4) is 0 Å². The summed E-state index contributed by atoms with van der Waals surface area (Å²) in [6.07, 6.45) is -3.30. The van der Waals surface area contributed by atoms with E-state index in [1.165, 1.54) is 17.1 Å². The van der Waals surface area contributed by atoms with Crippen molar-refractivity contribution >= 4 is 21.8 Å². The molecule has 4 aromatic carbocycles. The molecule has 0 saturated carbocycles. The maximum Gasteiger partial charge on any atom is 0.418 e. The molecule has 0 aliphatic rings. The van der Waals surface area contributed by atoms with Gasteiger partial charge in [-0.1, -0.05) is 18.2 Å². The Morgan fingerprint density at radius 2 is 1.37 bits per heavy atom. The van der Waals surface area contributed by atoms with E-state index in [1.54, 1.807) is 49.1 Å². The molecule has 0 spiro atoms. The molecular weight excluding hydrogens is 493 g/mol. The highest BCUT2D eigenvalue weighted by Gasteiger charge is 2.35. The van der Waals surface area contributed by atoms with Gasteiger partial charge in [0, 0.05) is 16.3 Å². The summed E-state index contributed by atoms with van der Waals surface area (Å²) >= 11 is 0. The van der Waals surface area contributed by atoms with Crippen LogP contribution in [0.25, 0.3) is 44.6 Å². The molecular formula is C29H21F3N4O2. The molecule has 38 heavy (non-hydrogen) atoms. The van der Waals surface area contributed by atoms with Crippen molar-refractivity contribution < 1.29 is 22.6 Å². The number of aromatic nitrogens is 4. The van der Waals surface area contributed by atoms with Gasteiger partial charge in [-0.25, -0.2) is 9.67 Å². The van der Waals surface area contributed by atoms with Gasteiger partial charge in [0.15, 0.2) is 5.82 Å². The van der Waals surface area contributed by atoms with Gasteiger partial charge in [0.05, 0.1) is 42.2 Å². The molecule has 0 bridgehead atoms. The molecule has 0 N–H and O–H groups in total. The number of benzene rings is 4. The molecule has 6 rings (SSSR count). The fourth-order valence-electron chi connectivity index (χ4n) is 4.79. The highest BCUT2D eigenvalue weighted by Crippen LogP contribution is 2.41. The molecule has 0 aliphatic heterocycles. The first kappa shape index (κ1) is 23.6. The summed E-state index contributed by atoms with van der Waals surface area (Å²) in [6, 6.07) is 24.0. The third-order valence-corrected chi connectivity index (χ3v) is 6.53. The molecule has 6 nitrogen and oxygen atoms in total. The van der Waals surface area contributed by atoms with Gasteiger partial charge in [-0.3, -0.25) is 0 Å². The number of halogens is 3. The van der Waals surface area contributed by atoms with E-state index < -0.39 is 11.7 Å². The minimum atomic E-state index is -4.63. The second-order valence-electron chi connectivity index (χ2n) is 8.66. The number of hydrogen-bond donors (Lipinski definition) is 0. The molecule has 0 atom stereocenters. The topological polar surface area (TPSA) is 54.1 Å². The summed E-state index contributed by atoms with van der Waals surface area (Å²) in [4.78, 5) is 4.27. The van der Waals surface area contributed by atoms with Gasteiger partial charge in [0.25, 0.3) is 0 Å². The van der Waals surface area contributed by atoms with Crippen molar-refractivity contribution in [3.8, 4) is 34.3 Å². The Hall–Kier alpha value is -4.79. The Kier molecular flexibility index (Phi) is 5.56. The molecule has 2 aromatic heterocycles. The van der Waals surface area contributed by atoms with Crippen LogP contribution in [0.15, 0.2) is 91.3 Å². The third-order valence-electron chi connectivity index (χ3n) is 6.53. The summed E-state index contributed by atoms with van der Waals surface area (Å²) in [6.45, 7) is 0. The number of hydrogen-bond acceptors (Lipinski definition) is 4. The van der Waals surface area contributed by atoms with Crippen molar-refractivity contribution in [2.45, 2.75) is 6.18 Å². The highest BCUT2D eigenvalue weighted by molar-refractivity contribution is 6.10. The Morgan fingerprint density at radius 3 is 1.95 bits per heavy atom. The van der Waals surface area contributed by atoms with E-state index in [1.807, 2.05) is 42.5 Å². The Morgan fingerprint density at radius 1 is 0.737 bits per heavy atom. The van der Waals surface area contributed by atoms with Crippen molar-refractivity contribution in [3.05, 3.63) is 96.8 Å².